The van der Waals surface area contributed by atoms with Crippen molar-refractivity contribution in [3.05, 3.63) is 48.5 Å². The number of rotatable bonds is 6. The van der Waals surface area contributed by atoms with Gasteiger partial charge in [0.1, 0.15) is 12.7 Å². The van der Waals surface area contributed by atoms with Crippen molar-refractivity contribution in [2.24, 2.45) is 0 Å². The van der Waals surface area contributed by atoms with Gasteiger partial charge in [-0.15, -0.1) is 0 Å². The first-order chi connectivity index (χ1) is 14.3. The second-order valence-corrected chi connectivity index (χ2v) is 11.3. The Bertz CT molecular complexity index is 1110. The van der Waals surface area contributed by atoms with Gasteiger partial charge in [0.15, 0.2) is 11.5 Å². The number of likely N-dealkylation sites (N-methyl/N-ethyl adjacent to an activating group) is 1. The van der Waals surface area contributed by atoms with Gasteiger partial charge in [-0.1, -0.05) is 12.1 Å². The number of nitrogens with zero attached hydrogens (tertiary/aromatic N) is 2. The maximum Gasteiger partial charge on any atom is 0.243 e. The number of hydrogen-bond acceptors (Lipinski definition) is 6. The molecule has 2 aromatic rings. The van der Waals surface area contributed by atoms with Gasteiger partial charge in [-0.25, -0.2) is 16.8 Å². The zero-order valence-corrected chi connectivity index (χ0v) is 18.2. The third-order valence-corrected chi connectivity index (χ3v) is 9.01. The lowest BCUT2D eigenvalue weighted by Gasteiger charge is -2.29. The summed E-state index contributed by atoms with van der Waals surface area (Å²) >= 11 is 0. The number of para-hydroxylation sites is 2. The summed E-state index contributed by atoms with van der Waals surface area (Å²) in [5.74, 6) is 1.21. The lowest BCUT2D eigenvalue weighted by atomic mass is 10.2. The molecule has 0 saturated carbocycles. The smallest absolute Gasteiger partial charge is 0.243 e. The maximum absolute atomic E-state index is 12.9. The molecule has 0 bridgehead atoms. The molecule has 1 saturated heterocycles. The summed E-state index contributed by atoms with van der Waals surface area (Å²) in [5.41, 5.74) is 0. The molecule has 1 atom stereocenters. The largest absolute Gasteiger partial charge is 0.486 e. The van der Waals surface area contributed by atoms with E-state index < -0.39 is 26.2 Å². The maximum atomic E-state index is 12.9. The molecular formula is C20H24N2O6S2. The first-order valence-corrected chi connectivity index (χ1v) is 12.6. The van der Waals surface area contributed by atoms with Crippen molar-refractivity contribution >= 4 is 20.0 Å². The molecule has 2 aliphatic heterocycles. The van der Waals surface area contributed by atoms with Crippen LogP contribution in [0.15, 0.2) is 58.3 Å². The summed E-state index contributed by atoms with van der Waals surface area (Å²) in [6, 6.07) is 12.6. The van der Waals surface area contributed by atoms with Gasteiger partial charge in [0.05, 0.1) is 16.3 Å². The Morgan fingerprint density at radius 3 is 2.20 bits per heavy atom. The molecular weight excluding hydrogens is 428 g/mol. The van der Waals surface area contributed by atoms with Gasteiger partial charge < -0.3 is 9.47 Å². The summed E-state index contributed by atoms with van der Waals surface area (Å²) in [6.45, 7) is 1.34. The molecule has 30 heavy (non-hydrogen) atoms. The van der Waals surface area contributed by atoms with Crippen molar-refractivity contribution in [3.63, 3.8) is 0 Å². The average molecular weight is 453 g/mol. The van der Waals surface area contributed by atoms with Crippen LogP contribution in [-0.2, 0) is 20.0 Å². The minimum absolute atomic E-state index is 0.0301. The van der Waals surface area contributed by atoms with Crippen molar-refractivity contribution in [2.45, 2.75) is 28.7 Å². The predicted molar refractivity (Wildman–Crippen MR) is 111 cm³/mol. The predicted octanol–water partition coefficient (Wildman–Crippen LogP) is 1.93. The van der Waals surface area contributed by atoms with Gasteiger partial charge in [-0.2, -0.15) is 8.61 Å². The monoisotopic (exact) mass is 452 g/mol. The lowest BCUT2D eigenvalue weighted by Crippen LogP contribution is -2.41. The van der Waals surface area contributed by atoms with E-state index in [1.165, 1.54) is 39.9 Å². The van der Waals surface area contributed by atoms with E-state index in [1.54, 1.807) is 12.1 Å². The number of sulfonamides is 2. The Hall–Kier alpha value is -2.14. The highest BCUT2D eigenvalue weighted by atomic mass is 32.2. The van der Waals surface area contributed by atoms with Crippen LogP contribution in [-0.4, -0.2) is 64.8 Å². The third kappa shape index (κ3) is 4.04. The zero-order valence-electron chi connectivity index (χ0n) is 16.6. The number of fused-ring (bicyclic) bond motifs is 1. The van der Waals surface area contributed by atoms with Crippen LogP contribution in [0.5, 0.6) is 11.5 Å². The van der Waals surface area contributed by atoms with Crippen molar-refractivity contribution in [1.29, 1.82) is 0 Å². The molecule has 4 rings (SSSR count). The molecule has 162 valence electrons. The van der Waals surface area contributed by atoms with Crippen LogP contribution in [0.2, 0.25) is 0 Å². The zero-order chi connectivity index (χ0) is 21.4. The quantitative estimate of drug-likeness (QED) is 0.665. The Labute approximate surface area is 177 Å². The second kappa shape index (κ2) is 8.18. The van der Waals surface area contributed by atoms with E-state index in [0.717, 1.165) is 12.8 Å². The first kappa shape index (κ1) is 21.1. The minimum Gasteiger partial charge on any atom is -0.486 e. The Morgan fingerprint density at radius 2 is 1.53 bits per heavy atom. The summed E-state index contributed by atoms with van der Waals surface area (Å²) in [6.07, 6.45) is 1.23. The fourth-order valence-electron chi connectivity index (χ4n) is 3.58. The van der Waals surface area contributed by atoms with Crippen molar-refractivity contribution in [1.82, 2.24) is 8.61 Å². The molecule has 10 heteroatoms. The van der Waals surface area contributed by atoms with Gasteiger partial charge in [0, 0.05) is 20.1 Å². The number of hydrogen-bond donors (Lipinski definition) is 0. The van der Waals surface area contributed by atoms with Gasteiger partial charge in [0.25, 0.3) is 0 Å². The summed E-state index contributed by atoms with van der Waals surface area (Å²) < 4.78 is 65.2. The highest BCUT2D eigenvalue weighted by Crippen LogP contribution is 2.31. The van der Waals surface area contributed by atoms with Crippen molar-refractivity contribution < 1.29 is 26.3 Å². The van der Waals surface area contributed by atoms with E-state index in [-0.39, 0.29) is 22.9 Å². The fourth-order valence-corrected chi connectivity index (χ4v) is 6.30. The third-order valence-electron chi connectivity index (χ3n) is 5.26. The van der Waals surface area contributed by atoms with E-state index in [9.17, 15) is 16.8 Å². The lowest BCUT2D eigenvalue weighted by molar-refractivity contribution is 0.0798. The Morgan fingerprint density at radius 1 is 0.933 bits per heavy atom. The van der Waals surface area contributed by atoms with E-state index in [4.69, 9.17) is 9.47 Å². The molecule has 2 heterocycles. The molecule has 0 aliphatic carbocycles. The van der Waals surface area contributed by atoms with E-state index >= 15 is 0 Å². The van der Waals surface area contributed by atoms with Crippen LogP contribution in [0.4, 0.5) is 0 Å². The van der Waals surface area contributed by atoms with E-state index in [0.29, 0.717) is 24.6 Å². The highest BCUT2D eigenvalue weighted by Gasteiger charge is 2.30. The molecule has 0 radical (unpaired) electrons. The molecule has 0 spiro atoms. The Kier molecular flexibility index (Phi) is 5.75. The molecule has 1 unspecified atom stereocenters. The molecule has 2 aromatic carbocycles. The molecule has 0 N–H and O–H groups in total. The average Bonchev–Trinajstić information content (AvgIpc) is 3.29. The molecule has 2 aliphatic rings. The van der Waals surface area contributed by atoms with Crippen molar-refractivity contribution in [3.8, 4) is 11.5 Å². The van der Waals surface area contributed by atoms with Crippen LogP contribution >= 0.6 is 0 Å². The topological polar surface area (TPSA) is 93.2 Å². The molecule has 1 fully saturated rings. The molecule has 0 aromatic heterocycles. The van der Waals surface area contributed by atoms with Gasteiger partial charge in [-0.05, 0) is 49.2 Å². The van der Waals surface area contributed by atoms with Crippen LogP contribution < -0.4 is 9.47 Å². The summed E-state index contributed by atoms with van der Waals surface area (Å²) in [7, 11) is -5.93. The summed E-state index contributed by atoms with van der Waals surface area (Å²) in [4.78, 5) is 0.133. The summed E-state index contributed by atoms with van der Waals surface area (Å²) in [5, 5.41) is 0. The van der Waals surface area contributed by atoms with Gasteiger partial charge >= 0.3 is 0 Å². The normalized spacial score (nSPS) is 19.9. The molecule has 0 amide bonds. The van der Waals surface area contributed by atoms with Crippen molar-refractivity contribution in [2.75, 3.05) is 33.3 Å². The van der Waals surface area contributed by atoms with E-state index in [2.05, 4.69) is 0 Å². The van der Waals surface area contributed by atoms with Crippen LogP contribution in [0.3, 0.4) is 0 Å². The minimum atomic E-state index is -3.81. The van der Waals surface area contributed by atoms with Crippen LogP contribution in [0.1, 0.15) is 12.8 Å². The highest BCUT2D eigenvalue weighted by molar-refractivity contribution is 7.89. The van der Waals surface area contributed by atoms with E-state index in [1.807, 2.05) is 12.1 Å². The van der Waals surface area contributed by atoms with Gasteiger partial charge in [-0.3, -0.25) is 0 Å². The van der Waals surface area contributed by atoms with Gasteiger partial charge in [0.2, 0.25) is 20.0 Å². The van der Waals surface area contributed by atoms with Crippen LogP contribution in [0, 0.1) is 0 Å². The first-order valence-electron chi connectivity index (χ1n) is 9.73. The Balaban J connectivity index is 1.46. The number of ether oxygens (including phenoxy) is 2. The van der Waals surface area contributed by atoms with Crippen LogP contribution in [0.25, 0.3) is 0 Å². The standard InChI is InChI=1S/C20H24N2O6S2/c1-21(14-16-15-27-19-6-2-3-7-20(19)28-16)29(23,24)17-8-10-18(11-9-17)30(25,26)22-12-4-5-13-22/h2-3,6-11,16H,4-5,12-15H2,1H3. The SMILES string of the molecule is CN(CC1COc2ccccc2O1)S(=O)(=O)c1ccc(S(=O)(=O)N2CCCC2)cc1. The number of benzene rings is 2. The molecule has 8 nitrogen and oxygen atoms in total. The fraction of sp³-hybridized carbons (Fsp3) is 0.400. The second-order valence-electron chi connectivity index (χ2n) is 7.37.